The maximum atomic E-state index is 12.0. The smallest absolute Gasteiger partial charge is 0.254 e. The van der Waals surface area contributed by atoms with Gasteiger partial charge in [-0.25, -0.2) is 9.50 Å². The highest BCUT2D eigenvalue weighted by Gasteiger charge is 2.12. The van der Waals surface area contributed by atoms with Crippen molar-refractivity contribution in [3.8, 4) is 0 Å². The van der Waals surface area contributed by atoms with Crippen LogP contribution in [-0.4, -0.2) is 32.0 Å². The molecule has 0 saturated carbocycles. The van der Waals surface area contributed by atoms with Crippen molar-refractivity contribution in [2.45, 2.75) is 26.7 Å². The Balaban J connectivity index is 1.50. The molecule has 1 amide bonds. The van der Waals surface area contributed by atoms with E-state index in [1.165, 1.54) is 6.33 Å². The van der Waals surface area contributed by atoms with Gasteiger partial charge in [-0.1, -0.05) is 0 Å². The van der Waals surface area contributed by atoms with Crippen LogP contribution in [0, 0.1) is 13.8 Å². The number of carbonyl (C=O) groups excluding carboxylic acids is 1. The lowest BCUT2D eigenvalue weighted by atomic mass is 10.2. The highest BCUT2D eigenvalue weighted by atomic mass is 16.3. The molecule has 22 heavy (non-hydrogen) atoms. The van der Waals surface area contributed by atoms with E-state index in [1.54, 1.807) is 23.7 Å². The van der Waals surface area contributed by atoms with Gasteiger partial charge in [-0.3, -0.25) is 4.79 Å². The third-order valence-corrected chi connectivity index (χ3v) is 3.40. The molecule has 3 aromatic heterocycles. The molecule has 3 aromatic rings. The van der Waals surface area contributed by atoms with E-state index in [2.05, 4.69) is 20.4 Å². The van der Waals surface area contributed by atoms with Gasteiger partial charge in [0.25, 0.3) is 11.7 Å². The summed E-state index contributed by atoms with van der Waals surface area (Å²) in [6.07, 6.45) is 6.80. The van der Waals surface area contributed by atoms with Crippen LogP contribution in [0.25, 0.3) is 5.78 Å². The molecule has 0 aliphatic rings. The quantitative estimate of drug-likeness (QED) is 0.725. The molecule has 1 N–H and O–H groups in total. The summed E-state index contributed by atoms with van der Waals surface area (Å²) >= 11 is 0. The minimum atomic E-state index is -0.0980. The normalized spacial score (nSPS) is 11.0. The molecule has 0 atom stereocenters. The molecule has 3 heterocycles. The van der Waals surface area contributed by atoms with Crippen molar-refractivity contribution in [1.29, 1.82) is 0 Å². The molecule has 114 valence electrons. The van der Waals surface area contributed by atoms with Crippen molar-refractivity contribution < 1.29 is 9.21 Å². The second-order valence-electron chi connectivity index (χ2n) is 5.15. The van der Waals surface area contributed by atoms with Crippen LogP contribution in [0.3, 0.4) is 0 Å². The van der Waals surface area contributed by atoms with E-state index >= 15 is 0 Å². The zero-order valence-corrected chi connectivity index (χ0v) is 12.5. The molecule has 0 saturated heterocycles. The predicted octanol–water partition coefficient (Wildman–Crippen LogP) is 1.70. The second kappa shape index (κ2) is 5.97. The zero-order chi connectivity index (χ0) is 15.5. The van der Waals surface area contributed by atoms with Crippen LogP contribution in [0.1, 0.15) is 33.9 Å². The van der Waals surface area contributed by atoms with Gasteiger partial charge in [0, 0.05) is 18.9 Å². The Hall–Kier alpha value is -2.70. The van der Waals surface area contributed by atoms with Crippen molar-refractivity contribution in [1.82, 2.24) is 24.9 Å². The Morgan fingerprint density at radius 3 is 3.00 bits per heavy atom. The predicted molar refractivity (Wildman–Crippen MR) is 79.6 cm³/mol. The molecule has 0 fully saturated rings. The Kier molecular flexibility index (Phi) is 3.86. The molecule has 0 radical (unpaired) electrons. The van der Waals surface area contributed by atoms with Gasteiger partial charge >= 0.3 is 0 Å². The summed E-state index contributed by atoms with van der Waals surface area (Å²) in [5.74, 6) is 1.88. The first kappa shape index (κ1) is 14.2. The molecule has 0 spiro atoms. The first-order valence-electron chi connectivity index (χ1n) is 7.13. The molecule has 0 aromatic carbocycles. The fourth-order valence-electron chi connectivity index (χ4n) is 2.33. The zero-order valence-electron chi connectivity index (χ0n) is 12.5. The Morgan fingerprint density at radius 1 is 1.36 bits per heavy atom. The number of nitrogens with zero attached hydrogens (tertiary/aromatic N) is 4. The number of hydrogen-bond donors (Lipinski definition) is 1. The largest absolute Gasteiger partial charge is 0.466 e. The average Bonchev–Trinajstić information content (AvgIpc) is 3.08. The number of nitrogens with one attached hydrogen (secondary N) is 1. The van der Waals surface area contributed by atoms with E-state index in [4.69, 9.17) is 4.42 Å². The standard InChI is InChI=1S/C15H17N5O2/c1-10-6-13(11(2)22-10)14(21)16-5-3-4-12-7-17-15-18-9-19-20(15)8-12/h6-9H,3-5H2,1-2H3,(H,16,21). The summed E-state index contributed by atoms with van der Waals surface area (Å²) in [7, 11) is 0. The summed E-state index contributed by atoms with van der Waals surface area (Å²) in [5.41, 5.74) is 1.66. The number of carbonyl (C=O) groups is 1. The van der Waals surface area contributed by atoms with Crippen molar-refractivity contribution in [2.75, 3.05) is 6.54 Å². The third kappa shape index (κ3) is 2.98. The number of amides is 1. The lowest BCUT2D eigenvalue weighted by Gasteiger charge is -2.04. The van der Waals surface area contributed by atoms with E-state index in [1.807, 2.05) is 13.1 Å². The van der Waals surface area contributed by atoms with Crippen LogP contribution in [-0.2, 0) is 6.42 Å². The molecule has 7 nitrogen and oxygen atoms in total. The molecular weight excluding hydrogens is 282 g/mol. The van der Waals surface area contributed by atoms with Crippen LogP contribution < -0.4 is 5.32 Å². The fraction of sp³-hybridized carbons (Fsp3) is 0.333. The third-order valence-electron chi connectivity index (χ3n) is 3.40. The summed E-state index contributed by atoms with van der Waals surface area (Å²) in [5, 5.41) is 6.95. The SMILES string of the molecule is Cc1cc(C(=O)NCCCc2cnc3ncnn3c2)c(C)o1. The first-order chi connectivity index (χ1) is 10.6. The minimum Gasteiger partial charge on any atom is -0.466 e. The van der Waals surface area contributed by atoms with E-state index in [0.29, 0.717) is 23.6 Å². The average molecular weight is 299 g/mol. The highest BCUT2D eigenvalue weighted by molar-refractivity contribution is 5.95. The highest BCUT2D eigenvalue weighted by Crippen LogP contribution is 2.13. The van der Waals surface area contributed by atoms with Crippen molar-refractivity contribution >= 4 is 11.7 Å². The summed E-state index contributed by atoms with van der Waals surface area (Å²) in [6.45, 7) is 4.22. The van der Waals surface area contributed by atoms with Crippen molar-refractivity contribution in [3.05, 3.63) is 47.4 Å². The van der Waals surface area contributed by atoms with Crippen LogP contribution >= 0.6 is 0 Å². The van der Waals surface area contributed by atoms with E-state index in [9.17, 15) is 4.79 Å². The van der Waals surface area contributed by atoms with Gasteiger partial charge < -0.3 is 9.73 Å². The first-order valence-corrected chi connectivity index (χ1v) is 7.13. The number of hydrogen-bond acceptors (Lipinski definition) is 5. The topological polar surface area (TPSA) is 85.3 Å². The Morgan fingerprint density at radius 2 is 2.23 bits per heavy atom. The molecule has 3 rings (SSSR count). The van der Waals surface area contributed by atoms with E-state index in [-0.39, 0.29) is 5.91 Å². The van der Waals surface area contributed by atoms with Crippen LogP contribution in [0.4, 0.5) is 0 Å². The number of aromatic nitrogens is 4. The summed E-state index contributed by atoms with van der Waals surface area (Å²) in [6, 6.07) is 1.76. The number of rotatable bonds is 5. The maximum Gasteiger partial charge on any atom is 0.254 e. The molecule has 0 bridgehead atoms. The number of aryl methyl sites for hydroxylation is 3. The van der Waals surface area contributed by atoms with Gasteiger partial charge in [-0.15, -0.1) is 0 Å². The number of fused-ring (bicyclic) bond motifs is 1. The molecule has 0 aliphatic heterocycles. The molecule has 7 heteroatoms. The van der Waals surface area contributed by atoms with E-state index < -0.39 is 0 Å². The van der Waals surface area contributed by atoms with Crippen molar-refractivity contribution in [3.63, 3.8) is 0 Å². The summed E-state index contributed by atoms with van der Waals surface area (Å²) in [4.78, 5) is 20.2. The fourth-order valence-corrected chi connectivity index (χ4v) is 2.33. The maximum absolute atomic E-state index is 12.0. The van der Waals surface area contributed by atoms with Gasteiger partial charge in [-0.2, -0.15) is 10.1 Å². The molecule has 0 unspecified atom stereocenters. The second-order valence-corrected chi connectivity index (χ2v) is 5.15. The lowest BCUT2D eigenvalue weighted by Crippen LogP contribution is -2.25. The van der Waals surface area contributed by atoms with Gasteiger partial charge in [0.2, 0.25) is 0 Å². The molecular formula is C15H17N5O2. The summed E-state index contributed by atoms with van der Waals surface area (Å²) < 4.78 is 7.00. The van der Waals surface area contributed by atoms with Crippen LogP contribution in [0.5, 0.6) is 0 Å². The monoisotopic (exact) mass is 299 g/mol. The van der Waals surface area contributed by atoms with Crippen molar-refractivity contribution in [2.24, 2.45) is 0 Å². The number of furan rings is 1. The van der Waals surface area contributed by atoms with Gasteiger partial charge in [0.15, 0.2) is 0 Å². The van der Waals surface area contributed by atoms with Gasteiger partial charge in [-0.05, 0) is 38.3 Å². The van der Waals surface area contributed by atoms with Crippen LogP contribution in [0.15, 0.2) is 29.2 Å². The Bertz CT molecular complexity index is 805. The van der Waals surface area contributed by atoms with E-state index in [0.717, 1.165) is 24.2 Å². The molecule has 0 aliphatic carbocycles. The Labute approximate surface area is 127 Å². The van der Waals surface area contributed by atoms with Crippen LogP contribution in [0.2, 0.25) is 0 Å². The van der Waals surface area contributed by atoms with Gasteiger partial charge in [0.05, 0.1) is 5.56 Å². The lowest BCUT2D eigenvalue weighted by molar-refractivity contribution is 0.0951. The van der Waals surface area contributed by atoms with Gasteiger partial charge in [0.1, 0.15) is 17.8 Å². The minimum absolute atomic E-state index is 0.0980.